The maximum atomic E-state index is 12.6. The highest BCUT2D eigenvalue weighted by molar-refractivity contribution is 5.93. The van der Waals surface area contributed by atoms with Gasteiger partial charge in [-0.3, -0.25) is 9.59 Å². The van der Waals surface area contributed by atoms with E-state index < -0.39 is 12.6 Å². The molecule has 1 aliphatic heterocycles. The number of ether oxygens (including phenoxy) is 1. The molecule has 2 aromatic carbocycles. The largest absolute Gasteiger partial charge is 0.482 e. The summed E-state index contributed by atoms with van der Waals surface area (Å²) in [6, 6.07) is 16.1. The Morgan fingerprint density at radius 2 is 1.79 bits per heavy atom. The lowest BCUT2D eigenvalue weighted by Crippen LogP contribution is -2.44. The van der Waals surface area contributed by atoms with Gasteiger partial charge in [0.25, 0.3) is 0 Å². The van der Waals surface area contributed by atoms with Crippen LogP contribution in [0, 0.1) is 5.92 Å². The van der Waals surface area contributed by atoms with Crippen LogP contribution in [-0.2, 0) is 20.8 Å². The SMILES string of the molecule is O=C(O)COc1ccc(NC(=O)C2CCCN(C(=O)Cc3ccccc3)C2)cc1. The van der Waals surface area contributed by atoms with Crippen molar-refractivity contribution in [2.24, 2.45) is 5.92 Å². The number of carbonyl (C=O) groups is 3. The molecule has 0 aromatic heterocycles. The molecule has 1 heterocycles. The zero-order valence-electron chi connectivity index (χ0n) is 16.0. The molecule has 2 amide bonds. The number of nitrogens with one attached hydrogen (secondary N) is 1. The molecule has 0 saturated carbocycles. The van der Waals surface area contributed by atoms with Crippen molar-refractivity contribution in [3.63, 3.8) is 0 Å². The van der Waals surface area contributed by atoms with Crippen molar-refractivity contribution in [2.45, 2.75) is 19.3 Å². The number of likely N-dealkylation sites (tertiary alicyclic amines) is 1. The number of hydrogen-bond acceptors (Lipinski definition) is 4. The highest BCUT2D eigenvalue weighted by Crippen LogP contribution is 2.21. The van der Waals surface area contributed by atoms with Gasteiger partial charge in [0.05, 0.1) is 12.3 Å². The lowest BCUT2D eigenvalue weighted by atomic mass is 9.96. The molecule has 152 valence electrons. The molecule has 0 radical (unpaired) electrons. The monoisotopic (exact) mass is 396 g/mol. The molecule has 29 heavy (non-hydrogen) atoms. The molecule has 7 heteroatoms. The van der Waals surface area contributed by atoms with Crippen LogP contribution >= 0.6 is 0 Å². The van der Waals surface area contributed by atoms with Gasteiger partial charge >= 0.3 is 5.97 Å². The fourth-order valence-corrected chi connectivity index (χ4v) is 3.32. The second-order valence-electron chi connectivity index (χ2n) is 7.04. The molecule has 0 spiro atoms. The van der Waals surface area contributed by atoms with Crippen LogP contribution in [0.2, 0.25) is 0 Å². The molecule has 2 aromatic rings. The first kappa shape index (κ1) is 20.4. The van der Waals surface area contributed by atoms with Gasteiger partial charge in [-0.25, -0.2) is 4.79 Å². The third kappa shape index (κ3) is 6.07. The number of piperidine rings is 1. The number of aliphatic carboxylic acids is 1. The molecule has 3 rings (SSSR count). The predicted molar refractivity (Wildman–Crippen MR) is 108 cm³/mol. The quantitative estimate of drug-likeness (QED) is 0.750. The highest BCUT2D eigenvalue weighted by Gasteiger charge is 2.28. The summed E-state index contributed by atoms with van der Waals surface area (Å²) in [7, 11) is 0. The van der Waals surface area contributed by atoms with E-state index in [1.54, 1.807) is 29.2 Å². The van der Waals surface area contributed by atoms with E-state index in [1.165, 1.54) is 0 Å². The second kappa shape index (κ2) is 9.73. The minimum Gasteiger partial charge on any atom is -0.482 e. The van der Waals surface area contributed by atoms with Crippen LogP contribution in [0.1, 0.15) is 18.4 Å². The molecule has 1 unspecified atom stereocenters. The third-order valence-electron chi connectivity index (χ3n) is 4.83. The van der Waals surface area contributed by atoms with Crippen LogP contribution in [0.4, 0.5) is 5.69 Å². The van der Waals surface area contributed by atoms with Gasteiger partial charge in [-0.05, 0) is 42.7 Å². The Labute approximate surface area is 169 Å². The fourth-order valence-electron chi connectivity index (χ4n) is 3.32. The van der Waals surface area contributed by atoms with Crippen LogP contribution < -0.4 is 10.1 Å². The Morgan fingerprint density at radius 3 is 2.48 bits per heavy atom. The summed E-state index contributed by atoms with van der Waals surface area (Å²) in [5.41, 5.74) is 1.57. The first-order chi connectivity index (χ1) is 14.0. The maximum Gasteiger partial charge on any atom is 0.341 e. The van der Waals surface area contributed by atoms with Gasteiger partial charge in [-0.2, -0.15) is 0 Å². The van der Waals surface area contributed by atoms with Gasteiger partial charge in [0.15, 0.2) is 6.61 Å². The normalized spacial score (nSPS) is 16.1. The van der Waals surface area contributed by atoms with Crippen LogP contribution in [-0.4, -0.2) is 47.5 Å². The van der Waals surface area contributed by atoms with E-state index >= 15 is 0 Å². The topological polar surface area (TPSA) is 95.9 Å². The molecule has 1 saturated heterocycles. The average molecular weight is 396 g/mol. The third-order valence-corrected chi connectivity index (χ3v) is 4.83. The van der Waals surface area contributed by atoms with Crippen molar-refractivity contribution in [1.29, 1.82) is 0 Å². The van der Waals surface area contributed by atoms with Gasteiger partial charge < -0.3 is 20.1 Å². The number of carboxylic acids is 1. The van der Waals surface area contributed by atoms with E-state index in [1.807, 2.05) is 30.3 Å². The van der Waals surface area contributed by atoms with Crippen molar-refractivity contribution in [3.05, 3.63) is 60.2 Å². The van der Waals surface area contributed by atoms with Crippen molar-refractivity contribution in [1.82, 2.24) is 4.90 Å². The molecular weight excluding hydrogens is 372 g/mol. The van der Waals surface area contributed by atoms with E-state index in [4.69, 9.17) is 9.84 Å². The summed E-state index contributed by atoms with van der Waals surface area (Å²) in [6.07, 6.45) is 1.87. The summed E-state index contributed by atoms with van der Waals surface area (Å²) in [5, 5.41) is 11.5. The predicted octanol–water partition coefficient (Wildman–Crippen LogP) is 2.57. The molecule has 2 N–H and O–H groups in total. The van der Waals surface area contributed by atoms with Crippen LogP contribution in [0.15, 0.2) is 54.6 Å². The molecule has 1 fully saturated rings. The van der Waals surface area contributed by atoms with E-state index in [2.05, 4.69) is 5.32 Å². The summed E-state index contributed by atoms with van der Waals surface area (Å²) >= 11 is 0. The molecule has 0 bridgehead atoms. The zero-order valence-corrected chi connectivity index (χ0v) is 16.0. The molecule has 7 nitrogen and oxygen atoms in total. The van der Waals surface area contributed by atoms with Crippen molar-refractivity contribution in [2.75, 3.05) is 25.0 Å². The van der Waals surface area contributed by atoms with Crippen LogP contribution in [0.25, 0.3) is 0 Å². The number of anilines is 1. The Kier molecular flexibility index (Phi) is 6.84. The fraction of sp³-hybridized carbons (Fsp3) is 0.318. The standard InChI is InChI=1S/C22H24N2O5/c25-20(13-16-5-2-1-3-6-16)24-12-4-7-17(14-24)22(28)23-18-8-10-19(11-9-18)29-15-21(26)27/h1-3,5-6,8-11,17H,4,7,12-15H2,(H,23,28)(H,26,27). The first-order valence-electron chi connectivity index (χ1n) is 9.58. The maximum absolute atomic E-state index is 12.6. The number of hydrogen-bond donors (Lipinski definition) is 2. The van der Waals surface area contributed by atoms with Gasteiger partial charge in [0.2, 0.25) is 11.8 Å². The summed E-state index contributed by atoms with van der Waals surface area (Å²) in [5.74, 6) is -0.978. The second-order valence-corrected chi connectivity index (χ2v) is 7.04. The summed E-state index contributed by atoms with van der Waals surface area (Å²) in [6.45, 7) is 0.670. The number of carbonyl (C=O) groups excluding carboxylic acids is 2. The van der Waals surface area contributed by atoms with E-state index in [0.717, 1.165) is 18.4 Å². The van der Waals surface area contributed by atoms with Crippen LogP contribution in [0.5, 0.6) is 5.75 Å². The minimum absolute atomic E-state index is 0.0358. The van der Waals surface area contributed by atoms with Gasteiger partial charge in [0, 0.05) is 18.8 Å². The lowest BCUT2D eigenvalue weighted by molar-refractivity contribution is -0.139. The number of rotatable bonds is 7. The molecule has 1 aliphatic rings. The number of amides is 2. The Morgan fingerprint density at radius 1 is 1.07 bits per heavy atom. The first-order valence-corrected chi connectivity index (χ1v) is 9.58. The smallest absolute Gasteiger partial charge is 0.341 e. The Bertz CT molecular complexity index is 851. The average Bonchev–Trinajstić information content (AvgIpc) is 2.74. The van der Waals surface area contributed by atoms with E-state index in [9.17, 15) is 14.4 Å². The Balaban J connectivity index is 1.52. The van der Waals surface area contributed by atoms with E-state index in [0.29, 0.717) is 30.9 Å². The highest BCUT2D eigenvalue weighted by atomic mass is 16.5. The zero-order chi connectivity index (χ0) is 20.6. The van der Waals surface area contributed by atoms with Crippen LogP contribution in [0.3, 0.4) is 0 Å². The van der Waals surface area contributed by atoms with Gasteiger partial charge in [0.1, 0.15) is 5.75 Å². The lowest BCUT2D eigenvalue weighted by Gasteiger charge is -2.32. The molecule has 0 aliphatic carbocycles. The van der Waals surface area contributed by atoms with Crippen molar-refractivity contribution >= 4 is 23.5 Å². The number of benzene rings is 2. The van der Waals surface area contributed by atoms with Gasteiger partial charge in [-0.1, -0.05) is 30.3 Å². The van der Waals surface area contributed by atoms with Crippen molar-refractivity contribution < 1.29 is 24.2 Å². The number of nitrogens with zero attached hydrogens (tertiary/aromatic N) is 1. The summed E-state index contributed by atoms with van der Waals surface area (Å²) in [4.78, 5) is 37.5. The Hall–Kier alpha value is -3.35. The molecular formula is C22H24N2O5. The summed E-state index contributed by atoms with van der Waals surface area (Å²) < 4.78 is 5.08. The van der Waals surface area contributed by atoms with Gasteiger partial charge in [-0.15, -0.1) is 0 Å². The van der Waals surface area contributed by atoms with Crippen molar-refractivity contribution in [3.8, 4) is 5.75 Å². The minimum atomic E-state index is -1.05. The van der Waals surface area contributed by atoms with E-state index in [-0.39, 0.29) is 17.7 Å². The number of carboxylic acid groups (broad SMARTS) is 1. The molecule has 1 atom stereocenters.